The van der Waals surface area contributed by atoms with E-state index in [1.54, 1.807) is 0 Å². The Morgan fingerprint density at radius 2 is 2.36 bits per heavy atom. The molecule has 1 aromatic rings. The first-order valence-electron chi connectivity index (χ1n) is 4.80. The van der Waals surface area contributed by atoms with Crippen molar-refractivity contribution < 1.29 is 0 Å². The molecule has 0 saturated heterocycles. The molecule has 0 N–H and O–H groups in total. The molecule has 0 radical (unpaired) electrons. The maximum Gasteiger partial charge on any atom is 0.0656 e. The Bertz CT molecular complexity index is 370. The van der Waals surface area contributed by atoms with Crippen LogP contribution in [0.2, 0.25) is 0 Å². The van der Waals surface area contributed by atoms with Crippen molar-refractivity contribution in [1.82, 2.24) is 4.98 Å². The van der Waals surface area contributed by atoms with Gasteiger partial charge < -0.3 is 0 Å². The van der Waals surface area contributed by atoms with Crippen molar-refractivity contribution in [2.45, 2.75) is 25.2 Å². The number of rotatable bonds is 1. The quantitative estimate of drug-likeness (QED) is 0.768. The smallest absolute Gasteiger partial charge is 0.0656 e. The molecule has 1 aliphatic rings. The van der Waals surface area contributed by atoms with Gasteiger partial charge in [-0.3, -0.25) is 4.98 Å². The maximum absolute atomic E-state index is 8.83. The van der Waals surface area contributed by atoms with Gasteiger partial charge >= 0.3 is 0 Å². The molecule has 0 aromatic carbocycles. The Balaban J connectivity index is 2.18. The van der Waals surface area contributed by atoms with Gasteiger partial charge in [0, 0.05) is 22.8 Å². The van der Waals surface area contributed by atoms with Crippen LogP contribution in [0.3, 0.4) is 0 Å². The highest BCUT2D eigenvalue weighted by atomic mass is 79.9. The minimum absolute atomic E-state index is 0.250. The van der Waals surface area contributed by atoms with Crippen molar-refractivity contribution in [2.75, 3.05) is 0 Å². The lowest BCUT2D eigenvalue weighted by molar-refractivity contribution is 0.668. The Hall–Kier alpha value is -0.880. The molecule has 1 heterocycles. The Morgan fingerprint density at radius 1 is 1.50 bits per heavy atom. The highest BCUT2D eigenvalue weighted by Gasteiger charge is 2.26. The van der Waals surface area contributed by atoms with Crippen molar-refractivity contribution in [1.29, 1.82) is 5.26 Å². The largest absolute Gasteiger partial charge is 0.264 e. The minimum Gasteiger partial charge on any atom is -0.264 e. The van der Waals surface area contributed by atoms with E-state index in [1.165, 1.54) is 5.56 Å². The van der Waals surface area contributed by atoms with E-state index in [9.17, 15) is 0 Å². The van der Waals surface area contributed by atoms with E-state index in [0.717, 1.165) is 23.7 Å². The molecule has 0 bridgehead atoms. The van der Waals surface area contributed by atoms with E-state index in [-0.39, 0.29) is 5.92 Å². The second-order valence-electron chi connectivity index (χ2n) is 3.73. The van der Waals surface area contributed by atoms with Crippen LogP contribution < -0.4 is 0 Å². The van der Waals surface area contributed by atoms with E-state index in [4.69, 9.17) is 5.26 Å². The molecule has 2 nitrogen and oxygen atoms in total. The van der Waals surface area contributed by atoms with Crippen molar-refractivity contribution in [3.05, 3.63) is 28.5 Å². The van der Waals surface area contributed by atoms with Gasteiger partial charge in [0.1, 0.15) is 0 Å². The van der Waals surface area contributed by atoms with Crippen molar-refractivity contribution >= 4 is 15.9 Å². The lowest BCUT2D eigenvalue weighted by Crippen LogP contribution is -1.95. The molecule has 2 rings (SSSR count). The van der Waals surface area contributed by atoms with E-state index in [2.05, 4.69) is 33.0 Å². The molecular formula is C11H11BrN2. The molecule has 3 heteroatoms. The summed E-state index contributed by atoms with van der Waals surface area (Å²) in [6, 6.07) is 4.40. The summed E-state index contributed by atoms with van der Waals surface area (Å²) < 4.78 is 1.07. The molecule has 2 atom stereocenters. The molecule has 1 aromatic heterocycles. The molecule has 1 fully saturated rings. The van der Waals surface area contributed by atoms with E-state index < -0.39 is 0 Å². The fraction of sp³-hybridized carbons (Fsp3) is 0.455. The van der Waals surface area contributed by atoms with Gasteiger partial charge in [-0.15, -0.1) is 0 Å². The van der Waals surface area contributed by atoms with Gasteiger partial charge in [0.2, 0.25) is 0 Å². The van der Waals surface area contributed by atoms with Gasteiger partial charge in [-0.1, -0.05) is 0 Å². The summed E-state index contributed by atoms with van der Waals surface area (Å²) in [6.07, 6.45) is 6.81. The topological polar surface area (TPSA) is 36.7 Å². The van der Waals surface area contributed by atoms with Crippen LogP contribution in [0.4, 0.5) is 0 Å². The Labute approximate surface area is 92.1 Å². The monoisotopic (exact) mass is 250 g/mol. The number of nitriles is 1. The van der Waals surface area contributed by atoms with Crippen LogP contribution in [0.1, 0.15) is 30.7 Å². The number of nitrogens with zero attached hydrogens (tertiary/aromatic N) is 2. The normalized spacial score (nSPS) is 26.0. The van der Waals surface area contributed by atoms with Crippen molar-refractivity contribution in [3.8, 4) is 6.07 Å². The van der Waals surface area contributed by atoms with Crippen molar-refractivity contribution in [2.24, 2.45) is 5.92 Å². The second kappa shape index (κ2) is 4.10. The average Bonchev–Trinajstić information content (AvgIpc) is 2.67. The minimum atomic E-state index is 0.250. The molecule has 0 amide bonds. The highest BCUT2D eigenvalue weighted by molar-refractivity contribution is 9.10. The number of pyridine rings is 1. The average molecular weight is 251 g/mol. The molecule has 1 saturated carbocycles. The summed E-state index contributed by atoms with van der Waals surface area (Å²) in [6.45, 7) is 0. The van der Waals surface area contributed by atoms with Crippen LogP contribution >= 0.6 is 15.9 Å². The van der Waals surface area contributed by atoms with Gasteiger partial charge in [0.25, 0.3) is 0 Å². The van der Waals surface area contributed by atoms with Crippen molar-refractivity contribution in [3.63, 3.8) is 0 Å². The summed E-state index contributed by atoms with van der Waals surface area (Å²) >= 11 is 3.50. The lowest BCUT2D eigenvalue weighted by Gasteiger charge is -2.10. The Morgan fingerprint density at radius 3 is 3.00 bits per heavy atom. The fourth-order valence-corrected chi connectivity index (χ4v) is 2.67. The van der Waals surface area contributed by atoms with E-state index >= 15 is 0 Å². The van der Waals surface area contributed by atoms with Crippen LogP contribution in [0.5, 0.6) is 0 Å². The third-order valence-electron chi connectivity index (χ3n) is 2.86. The summed E-state index contributed by atoms with van der Waals surface area (Å²) in [5.41, 5.74) is 1.30. The zero-order valence-electron chi connectivity index (χ0n) is 7.78. The number of hydrogen-bond donors (Lipinski definition) is 0. The van der Waals surface area contributed by atoms with Crippen LogP contribution in [0.25, 0.3) is 0 Å². The summed E-state index contributed by atoms with van der Waals surface area (Å²) in [4.78, 5) is 4.04. The first kappa shape index (κ1) is 9.67. The predicted molar refractivity (Wildman–Crippen MR) is 57.6 cm³/mol. The van der Waals surface area contributed by atoms with Gasteiger partial charge in [-0.05, 0) is 52.7 Å². The van der Waals surface area contributed by atoms with Gasteiger partial charge in [0.05, 0.1) is 6.07 Å². The number of hydrogen-bond acceptors (Lipinski definition) is 2. The molecule has 2 unspecified atom stereocenters. The van der Waals surface area contributed by atoms with Gasteiger partial charge in [0.15, 0.2) is 0 Å². The lowest BCUT2D eigenvalue weighted by atomic mass is 9.98. The first-order valence-corrected chi connectivity index (χ1v) is 5.59. The third-order valence-corrected chi connectivity index (χ3v) is 3.52. The third kappa shape index (κ3) is 1.80. The SMILES string of the molecule is N#CC1CCC(c2ccncc2Br)C1. The number of aromatic nitrogens is 1. The fourth-order valence-electron chi connectivity index (χ4n) is 2.10. The van der Waals surface area contributed by atoms with Crippen LogP contribution in [0.15, 0.2) is 22.9 Å². The van der Waals surface area contributed by atoms with Gasteiger partial charge in [-0.2, -0.15) is 5.26 Å². The first-order chi connectivity index (χ1) is 6.81. The molecule has 14 heavy (non-hydrogen) atoms. The van der Waals surface area contributed by atoms with Crippen LogP contribution in [-0.2, 0) is 0 Å². The highest BCUT2D eigenvalue weighted by Crippen LogP contribution is 2.40. The maximum atomic E-state index is 8.83. The van der Waals surface area contributed by atoms with Crippen LogP contribution in [-0.4, -0.2) is 4.98 Å². The summed E-state index contributed by atoms with van der Waals surface area (Å²) in [5, 5.41) is 8.83. The standard InChI is InChI=1S/C11H11BrN2/c12-11-7-14-4-3-10(11)9-2-1-8(5-9)6-13/h3-4,7-9H,1-2,5H2. The van der Waals surface area contributed by atoms with Gasteiger partial charge in [-0.25, -0.2) is 0 Å². The van der Waals surface area contributed by atoms with E-state index in [0.29, 0.717) is 5.92 Å². The molecule has 72 valence electrons. The predicted octanol–water partition coefficient (Wildman–Crippen LogP) is 3.25. The molecular weight excluding hydrogens is 240 g/mol. The molecule has 1 aliphatic carbocycles. The zero-order valence-corrected chi connectivity index (χ0v) is 9.37. The Kier molecular flexibility index (Phi) is 2.83. The second-order valence-corrected chi connectivity index (χ2v) is 4.59. The molecule has 0 aliphatic heterocycles. The number of halogens is 1. The summed E-state index contributed by atoms with van der Waals surface area (Å²) in [7, 11) is 0. The van der Waals surface area contributed by atoms with E-state index in [1.807, 2.05) is 12.4 Å². The zero-order chi connectivity index (χ0) is 9.97. The summed E-state index contributed by atoms with van der Waals surface area (Å²) in [5.74, 6) is 0.789. The van der Waals surface area contributed by atoms with Crippen LogP contribution in [0, 0.1) is 17.2 Å². The molecule has 0 spiro atoms.